The van der Waals surface area contributed by atoms with E-state index in [0.717, 1.165) is 13.0 Å². The molecule has 0 aromatic carbocycles. The lowest BCUT2D eigenvalue weighted by Crippen LogP contribution is -2.35. The van der Waals surface area contributed by atoms with Crippen LogP contribution in [0.2, 0.25) is 0 Å². The molecule has 0 radical (unpaired) electrons. The van der Waals surface area contributed by atoms with Gasteiger partial charge in [0, 0.05) is 12.6 Å². The highest BCUT2D eigenvalue weighted by Gasteiger charge is 2.02. The van der Waals surface area contributed by atoms with E-state index in [4.69, 9.17) is 5.73 Å². The van der Waals surface area contributed by atoms with Crippen LogP contribution >= 0.6 is 0 Å². The number of hydrogen-bond acceptors (Lipinski definition) is 4. The zero-order valence-electron chi connectivity index (χ0n) is 9.07. The molecule has 5 heteroatoms. The van der Waals surface area contributed by atoms with Gasteiger partial charge in [-0.3, -0.25) is 0 Å². The van der Waals surface area contributed by atoms with E-state index < -0.39 is 0 Å². The fourth-order valence-corrected chi connectivity index (χ4v) is 1.33. The average molecular weight is 210 g/mol. The van der Waals surface area contributed by atoms with Crippen molar-refractivity contribution in [1.82, 2.24) is 4.98 Å². The molecule has 0 aliphatic rings. The molecule has 15 heavy (non-hydrogen) atoms. The van der Waals surface area contributed by atoms with Crippen LogP contribution in [0.3, 0.4) is 0 Å². The van der Waals surface area contributed by atoms with Crippen LogP contribution in [0.1, 0.15) is 32.6 Å². The molecule has 3 N–H and O–H groups in total. The average Bonchev–Trinajstić information content (AvgIpc) is 2.24. The van der Waals surface area contributed by atoms with E-state index in [1.807, 2.05) is 0 Å². The molecule has 1 aromatic heterocycles. The molecule has 0 amide bonds. The van der Waals surface area contributed by atoms with Crippen molar-refractivity contribution >= 4 is 11.8 Å². The predicted octanol–water partition coefficient (Wildman–Crippen LogP) is 1.29. The summed E-state index contributed by atoms with van der Waals surface area (Å²) in [6, 6.07) is 1.63. The Hall–Kier alpha value is -1.52. The first-order valence-electron chi connectivity index (χ1n) is 5.33. The molecule has 0 fully saturated rings. The lowest BCUT2D eigenvalue weighted by atomic mass is 10.2. The first kappa shape index (κ1) is 11.6. The quantitative estimate of drug-likeness (QED) is 0.421. The maximum atomic E-state index is 11.4. The second-order valence-electron chi connectivity index (χ2n) is 3.47. The Labute approximate surface area is 89.9 Å². The number of hydrogen-bond donors (Lipinski definition) is 2. The molecule has 0 saturated carbocycles. The zero-order valence-corrected chi connectivity index (χ0v) is 9.07. The summed E-state index contributed by atoms with van der Waals surface area (Å²) in [6.07, 6.45) is 6.22. The number of aromatic nitrogens is 2. The smallest absolute Gasteiger partial charge is 0.343 e. The number of anilines is 2. The highest BCUT2D eigenvalue weighted by molar-refractivity contribution is 5.29. The van der Waals surface area contributed by atoms with Gasteiger partial charge in [-0.05, 0) is 6.42 Å². The molecule has 0 spiro atoms. The summed E-state index contributed by atoms with van der Waals surface area (Å²) < 4.78 is 0.611. The van der Waals surface area contributed by atoms with Crippen LogP contribution in [0.25, 0.3) is 0 Å². The fraction of sp³-hybridized carbons (Fsp3) is 0.600. The van der Waals surface area contributed by atoms with E-state index in [2.05, 4.69) is 17.2 Å². The Morgan fingerprint density at radius 1 is 1.47 bits per heavy atom. The standard InChI is InChI=1S/C10H18N4O/c1-2-3-4-5-7-12-9-6-8-13-10(11)14(9)15/h6,8,12H,2-5,7H2,1H3,(H2,11,13). The predicted molar refractivity (Wildman–Crippen MR) is 60.2 cm³/mol. The van der Waals surface area contributed by atoms with E-state index in [0.29, 0.717) is 10.5 Å². The minimum absolute atomic E-state index is 0.0199. The number of nitrogens with two attached hydrogens (primary N) is 1. The fourth-order valence-electron chi connectivity index (χ4n) is 1.33. The van der Waals surface area contributed by atoms with Crippen LogP contribution in [-0.2, 0) is 0 Å². The summed E-state index contributed by atoms with van der Waals surface area (Å²) in [6.45, 7) is 2.97. The van der Waals surface area contributed by atoms with Gasteiger partial charge in [0.1, 0.15) is 0 Å². The third-order valence-electron chi connectivity index (χ3n) is 2.20. The van der Waals surface area contributed by atoms with Crippen LogP contribution in [0, 0.1) is 5.21 Å². The summed E-state index contributed by atoms with van der Waals surface area (Å²) in [5, 5.41) is 14.4. The van der Waals surface area contributed by atoms with Crippen molar-refractivity contribution in [1.29, 1.82) is 0 Å². The van der Waals surface area contributed by atoms with Gasteiger partial charge in [-0.25, -0.2) is 4.73 Å². The first-order chi connectivity index (χ1) is 7.25. The number of nitrogens with zero attached hydrogens (tertiary/aromatic N) is 2. The Bertz CT molecular complexity index is 303. The molecule has 1 rings (SSSR count). The molecular weight excluding hydrogens is 192 g/mol. The number of nitrogen functional groups attached to an aromatic ring is 1. The Morgan fingerprint density at radius 2 is 2.27 bits per heavy atom. The van der Waals surface area contributed by atoms with Crippen molar-refractivity contribution in [3.8, 4) is 0 Å². The third kappa shape index (κ3) is 3.61. The van der Waals surface area contributed by atoms with Crippen molar-refractivity contribution in [3.05, 3.63) is 17.5 Å². The summed E-state index contributed by atoms with van der Waals surface area (Å²) in [4.78, 5) is 3.69. The highest BCUT2D eigenvalue weighted by atomic mass is 16.5. The molecule has 1 heterocycles. The van der Waals surface area contributed by atoms with Crippen LogP contribution in [0.4, 0.5) is 11.8 Å². The van der Waals surface area contributed by atoms with Crippen LogP contribution in [0.15, 0.2) is 12.3 Å². The van der Waals surface area contributed by atoms with Gasteiger partial charge in [-0.1, -0.05) is 26.2 Å². The minimum Gasteiger partial charge on any atom is -0.754 e. The third-order valence-corrected chi connectivity index (χ3v) is 2.20. The molecule has 0 saturated heterocycles. The van der Waals surface area contributed by atoms with E-state index in [-0.39, 0.29) is 5.95 Å². The molecule has 0 bridgehead atoms. The van der Waals surface area contributed by atoms with Crippen molar-refractivity contribution in [2.75, 3.05) is 17.6 Å². The van der Waals surface area contributed by atoms with Crippen molar-refractivity contribution in [3.63, 3.8) is 0 Å². The molecular formula is C10H18N4O. The normalized spacial score (nSPS) is 10.2. The van der Waals surface area contributed by atoms with Crippen LogP contribution in [-0.4, -0.2) is 11.5 Å². The van der Waals surface area contributed by atoms with E-state index >= 15 is 0 Å². The monoisotopic (exact) mass is 210 g/mol. The second-order valence-corrected chi connectivity index (χ2v) is 3.47. The van der Waals surface area contributed by atoms with Gasteiger partial charge in [0.05, 0.1) is 6.20 Å². The van der Waals surface area contributed by atoms with Crippen LogP contribution in [0.5, 0.6) is 0 Å². The van der Waals surface area contributed by atoms with Crippen molar-refractivity contribution < 1.29 is 4.73 Å². The van der Waals surface area contributed by atoms with Gasteiger partial charge < -0.3 is 16.3 Å². The molecule has 0 aliphatic carbocycles. The molecule has 5 nitrogen and oxygen atoms in total. The Balaban J connectivity index is 2.34. The molecule has 0 unspecified atom stereocenters. The van der Waals surface area contributed by atoms with Gasteiger partial charge in [0.25, 0.3) is 0 Å². The first-order valence-corrected chi connectivity index (χ1v) is 5.33. The highest BCUT2D eigenvalue weighted by Crippen LogP contribution is 2.02. The topological polar surface area (TPSA) is 77.9 Å². The summed E-state index contributed by atoms with van der Waals surface area (Å²) >= 11 is 0. The van der Waals surface area contributed by atoms with Gasteiger partial charge in [0.2, 0.25) is 0 Å². The van der Waals surface area contributed by atoms with Gasteiger partial charge in [-0.2, -0.15) is 0 Å². The van der Waals surface area contributed by atoms with E-state index in [9.17, 15) is 5.21 Å². The van der Waals surface area contributed by atoms with Gasteiger partial charge in [-0.15, -0.1) is 4.98 Å². The summed E-state index contributed by atoms with van der Waals surface area (Å²) in [5.74, 6) is 0.451. The molecule has 84 valence electrons. The maximum Gasteiger partial charge on any atom is 0.343 e. The number of nitrogens with one attached hydrogen (secondary N) is 1. The van der Waals surface area contributed by atoms with Gasteiger partial charge in [0.15, 0.2) is 5.82 Å². The zero-order chi connectivity index (χ0) is 11.1. The van der Waals surface area contributed by atoms with Crippen LogP contribution < -0.4 is 15.8 Å². The Morgan fingerprint density at radius 3 is 3.00 bits per heavy atom. The van der Waals surface area contributed by atoms with Crippen molar-refractivity contribution in [2.45, 2.75) is 32.6 Å². The Kier molecular flexibility index (Phi) is 4.66. The number of rotatable bonds is 6. The molecule has 0 atom stereocenters. The SMILES string of the molecule is CCCCCCNc1ccnc(N)[n+]1[O-]. The minimum atomic E-state index is -0.0199. The lowest BCUT2D eigenvalue weighted by Gasteiger charge is -2.12. The van der Waals surface area contributed by atoms with Crippen molar-refractivity contribution in [2.24, 2.45) is 0 Å². The largest absolute Gasteiger partial charge is 0.754 e. The van der Waals surface area contributed by atoms with E-state index in [1.54, 1.807) is 6.07 Å². The van der Waals surface area contributed by atoms with Gasteiger partial charge >= 0.3 is 5.95 Å². The maximum absolute atomic E-state index is 11.4. The summed E-state index contributed by atoms with van der Waals surface area (Å²) in [5.41, 5.74) is 5.37. The van der Waals surface area contributed by atoms with E-state index in [1.165, 1.54) is 25.5 Å². The molecule has 0 aliphatic heterocycles. The summed E-state index contributed by atoms with van der Waals surface area (Å²) in [7, 11) is 0. The number of unbranched alkanes of at least 4 members (excludes halogenated alkanes) is 3. The second kappa shape index (κ2) is 6.06. The molecule has 1 aromatic rings. The lowest BCUT2D eigenvalue weighted by molar-refractivity contribution is -0.577.